The van der Waals surface area contributed by atoms with Crippen LogP contribution in [-0.4, -0.2) is 50.3 Å². The molecule has 0 radical (unpaired) electrons. The highest BCUT2D eigenvalue weighted by Gasteiger charge is 2.34. The van der Waals surface area contributed by atoms with E-state index in [1.54, 1.807) is 41.3 Å². The zero-order chi connectivity index (χ0) is 30.8. The summed E-state index contributed by atoms with van der Waals surface area (Å²) in [6.45, 7) is 5.66. The first-order valence-electron chi connectivity index (χ1n) is 15.6. The molecule has 0 aromatic heterocycles. The van der Waals surface area contributed by atoms with Crippen LogP contribution in [0.2, 0.25) is 0 Å². The third-order valence-electron chi connectivity index (χ3n) is 8.35. The first-order valence-corrected chi connectivity index (χ1v) is 17.0. The lowest BCUT2D eigenvalue weighted by Gasteiger charge is -2.35. The Hall–Kier alpha value is -3.65. The molecule has 3 aromatic carbocycles. The molecule has 0 spiro atoms. The average molecular weight is 604 g/mol. The van der Waals surface area contributed by atoms with Crippen LogP contribution in [0.25, 0.3) is 0 Å². The Kier molecular flexibility index (Phi) is 11.4. The van der Waals surface area contributed by atoms with E-state index in [1.807, 2.05) is 63.2 Å². The fraction of sp³-hybridized carbons (Fsp3) is 0.429. The summed E-state index contributed by atoms with van der Waals surface area (Å²) in [7, 11) is -4.09. The van der Waals surface area contributed by atoms with Crippen molar-refractivity contribution >= 4 is 27.5 Å². The largest absolute Gasteiger partial charge is 0.352 e. The minimum Gasteiger partial charge on any atom is -0.352 e. The number of nitrogens with one attached hydrogen (secondary N) is 1. The Morgan fingerprint density at radius 2 is 1.53 bits per heavy atom. The molecule has 0 heterocycles. The number of benzene rings is 3. The number of carbonyl (C=O) groups excluding carboxylic acids is 2. The SMILES string of the molecule is CCc1ccccc1N(CC(=O)N(CCc1ccccc1)[C@H](CC)C(=O)NC1CCCCC1)S(=O)(=O)c1ccc(C)cc1. The van der Waals surface area contributed by atoms with Gasteiger partial charge >= 0.3 is 0 Å². The molecule has 1 atom stereocenters. The van der Waals surface area contributed by atoms with Crippen molar-refractivity contribution in [1.82, 2.24) is 10.2 Å². The number of anilines is 1. The van der Waals surface area contributed by atoms with Crippen LogP contribution in [0.4, 0.5) is 5.69 Å². The molecular formula is C35H45N3O4S. The van der Waals surface area contributed by atoms with Crippen LogP contribution in [0.15, 0.2) is 83.8 Å². The van der Waals surface area contributed by atoms with Crippen molar-refractivity contribution in [2.24, 2.45) is 0 Å². The fourth-order valence-corrected chi connectivity index (χ4v) is 7.30. The molecule has 1 aliphatic rings. The molecule has 1 saturated carbocycles. The van der Waals surface area contributed by atoms with E-state index in [0.29, 0.717) is 31.5 Å². The van der Waals surface area contributed by atoms with Crippen molar-refractivity contribution in [1.29, 1.82) is 0 Å². The number of sulfonamides is 1. The van der Waals surface area contributed by atoms with E-state index >= 15 is 0 Å². The Labute approximate surface area is 257 Å². The summed E-state index contributed by atoms with van der Waals surface area (Å²) in [6, 6.07) is 23.2. The van der Waals surface area contributed by atoms with E-state index in [-0.39, 0.29) is 16.8 Å². The molecule has 2 amide bonds. The topological polar surface area (TPSA) is 86.8 Å². The van der Waals surface area contributed by atoms with E-state index < -0.39 is 28.5 Å². The molecule has 4 rings (SSSR count). The zero-order valence-corrected chi connectivity index (χ0v) is 26.5. The Morgan fingerprint density at radius 1 is 0.884 bits per heavy atom. The molecular weight excluding hydrogens is 558 g/mol. The summed E-state index contributed by atoms with van der Waals surface area (Å²) < 4.78 is 29.5. The third-order valence-corrected chi connectivity index (χ3v) is 10.1. The summed E-state index contributed by atoms with van der Waals surface area (Å²) in [4.78, 5) is 29.7. The molecule has 0 saturated heterocycles. The van der Waals surface area contributed by atoms with Crippen molar-refractivity contribution in [2.75, 3.05) is 17.4 Å². The van der Waals surface area contributed by atoms with Gasteiger partial charge < -0.3 is 10.2 Å². The zero-order valence-electron chi connectivity index (χ0n) is 25.7. The quantitative estimate of drug-likeness (QED) is 0.258. The Bertz CT molecular complexity index is 1450. The highest BCUT2D eigenvalue weighted by molar-refractivity contribution is 7.92. The van der Waals surface area contributed by atoms with E-state index in [4.69, 9.17) is 0 Å². The molecule has 8 heteroatoms. The molecule has 0 aliphatic heterocycles. The summed E-state index contributed by atoms with van der Waals surface area (Å²) in [5, 5.41) is 3.20. The summed E-state index contributed by atoms with van der Waals surface area (Å²) in [6.07, 6.45) is 6.81. The van der Waals surface area contributed by atoms with E-state index in [2.05, 4.69) is 5.32 Å². The molecule has 0 bridgehead atoms. The van der Waals surface area contributed by atoms with Gasteiger partial charge in [0.15, 0.2) is 0 Å². The van der Waals surface area contributed by atoms with Gasteiger partial charge in [-0.25, -0.2) is 8.42 Å². The van der Waals surface area contributed by atoms with Gasteiger partial charge in [-0.05, 0) is 68.4 Å². The second-order valence-electron chi connectivity index (χ2n) is 11.4. The van der Waals surface area contributed by atoms with Gasteiger partial charge in [0.1, 0.15) is 12.6 Å². The number of carbonyl (C=O) groups is 2. The van der Waals surface area contributed by atoms with Crippen LogP contribution in [0.3, 0.4) is 0 Å². The molecule has 0 unspecified atom stereocenters. The monoisotopic (exact) mass is 603 g/mol. The van der Waals surface area contributed by atoms with E-state index in [1.165, 1.54) is 10.7 Å². The van der Waals surface area contributed by atoms with Gasteiger partial charge in [0.05, 0.1) is 10.6 Å². The second-order valence-corrected chi connectivity index (χ2v) is 13.3. The number of para-hydroxylation sites is 1. The van der Waals surface area contributed by atoms with Crippen molar-refractivity contribution in [3.63, 3.8) is 0 Å². The Morgan fingerprint density at radius 3 is 2.19 bits per heavy atom. The predicted octanol–water partition coefficient (Wildman–Crippen LogP) is 6.05. The molecule has 43 heavy (non-hydrogen) atoms. The van der Waals surface area contributed by atoms with Gasteiger partial charge in [-0.3, -0.25) is 13.9 Å². The first-order chi connectivity index (χ1) is 20.7. The lowest BCUT2D eigenvalue weighted by atomic mass is 9.95. The van der Waals surface area contributed by atoms with Crippen molar-refractivity contribution in [2.45, 2.75) is 89.1 Å². The van der Waals surface area contributed by atoms with Crippen molar-refractivity contribution in [3.05, 3.63) is 95.6 Å². The highest BCUT2D eigenvalue weighted by atomic mass is 32.2. The molecule has 1 fully saturated rings. The van der Waals surface area contributed by atoms with Crippen LogP contribution >= 0.6 is 0 Å². The van der Waals surface area contributed by atoms with Gasteiger partial charge in [0.2, 0.25) is 11.8 Å². The molecule has 3 aromatic rings. The number of nitrogens with zero attached hydrogens (tertiary/aromatic N) is 2. The van der Waals surface area contributed by atoms with Crippen LogP contribution in [0.5, 0.6) is 0 Å². The van der Waals surface area contributed by atoms with Crippen LogP contribution in [0.1, 0.15) is 69.1 Å². The Balaban J connectivity index is 1.69. The number of aryl methyl sites for hydroxylation is 2. The summed E-state index contributed by atoms with van der Waals surface area (Å²) >= 11 is 0. The van der Waals surface area contributed by atoms with Crippen LogP contribution in [-0.2, 0) is 32.5 Å². The fourth-order valence-electron chi connectivity index (χ4n) is 5.84. The standard InChI is InChI=1S/C35H45N3O4S/c1-4-29-16-12-13-19-33(29)38(43(41,42)31-22-20-27(3)21-23-31)26-34(39)37(25-24-28-14-8-6-9-15-28)32(5-2)35(40)36-30-17-10-7-11-18-30/h6,8-9,12-16,19-23,30,32H,4-5,7,10-11,17-18,24-26H2,1-3H3,(H,36,40)/t32-/m1/s1. The number of amides is 2. The molecule has 230 valence electrons. The maximum absolute atomic E-state index is 14.3. The number of rotatable bonds is 13. The summed E-state index contributed by atoms with van der Waals surface area (Å²) in [5.74, 6) is -0.569. The van der Waals surface area contributed by atoms with Gasteiger partial charge in [0.25, 0.3) is 10.0 Å². The van der Waals surface area contributed by atoms with Crippen molar-refractivity contribution in [3.8, 4) is 0 Å². The molecule has 7 nitrogen and oxygen atoms in total. The van der Waals surface area contributed by atoms with E-state index in [0.717, 1.165) is 42.4 Å². The van der Waals surface area contributed by atoms with Crippen molar-refractivity contribution < 1.29 is 18.0 Å². The van der Waals surface area contributed by atoms with Gasteiger partial charge in [0, 0.05) is 12.6 Å². The average Bonchev–Trinajstić information content (AvgIpc) is 3.02. The maximum atomic E-state index is 14.3. The van der Waals surface area contributed by atoms with E-state index in [9.17, 15) is 18.0 Å². The van der Waals surface area contributed by atoms with Crippen LogP contribution < -0.4 is 9.62 Å². The van der Waals surface area contributed by atoms with Gasteiger partial charge in [-0.15, -0.1) is 0 Å². The minimum absolute atomic E-state index is 0.108. The maximum Gasteiger partial charge on any atom is 0.264 e. The number of hydrogen-bond donors (Lipinski definition) is 1. The normalized spacial score (nSPS) is 14.6. The molecule has 1 N–H and O–H groups in total. The second kappa shape index (κ2) is 15.2. The third kappa shape index (κ3) is 8.25. The first kappa shape index (κ1) is 32.3. The van der Waals surface area contributed by atoms with Gasteiger partial charge in [-0.2, -0.15) is 0 Å². The number of hydrogen-bond acceptors (Lipinski definition) is 4. The van der Waals surface area contributed by atoms with Gasteiger partial charge in [-0.1, -0.05) is 99.3 Å². The van der Waals surface area contributed by atoms with Crippen LogP contribution in [0, 0.1) is 6.92 Å². The predicted molar refractivity (Wildman–Crippen MR) is 172 cm³/mol. The lowest BCUT2D eigenvalue weighted by molar-refractivity contribution is -0.140. The highest BCUT2D eigenvalue weighted by Crippen LogP contribution is 2.28. The smallest absolute Gasteiger partial charge is 0.264 e. The summed E-state index contributed by atoms with van der Waals surface area (Å²) in [5.41, 5.74) is 3.28. The molecule has 1 aliphatic carbocycles. The lowest BCUT2D eigenvalue weighted by Crippen LogP contribution is -2.54. The minimum atomic E-state index is -4.09.